The Bertz CT molecular complexity index is 590. The fraction of sp³-hybridized carbons (Fsp3) is 0.143. The van der Waals surface area contributed by atoms with Gasteiger partial charge in [-0.05, 0) is 54.9 Å². The van der Waals surface area contributed by atoms with E-state index in [1.54, 1.807) is 6.07 Å². The Morgan fingerprint density at radius 2 is 1.84 bits per heavy atom. The van der Waals surface area contributed by atoms with E-state index in [1.807, 2.05) is 18.2 Å². The van der Waals surface area contributed by atoms with Crippen LogP contribution in [0.2, 0.25) is 0 Å². The largest absolute Gasteiger partial charge is 0.330 e. The fourth-order valence-electron chi connectivity index (χ4n) is 1.67. The molecule has 0 amide bonds. The van der Waals surface area contributed by atoms with E-state index >= 15 is 0 Å². The second-order valence-electron chi connectivity index (χ2n) is 3.97. The minimum atomic E-state index is -0.831. The van der Waals surface area contributed by atoms with Crippen LogP contribution in [0.5, 0.6) is 0 Å². The molecule has 0 saturated heterocycles. The van der Waals surface area contributed by atoms with Crippen LogP contribution in [0, 0.1) is 11.6 Å². The minimum Gasteiger partial charge on any atom is -0.330 e. The Morgan fingerprint density at radius 3 is 2.53 bits per heavy atom. The summed E-state index contributed by atoms with van der Waals surface area (Å²) in [6, 6.07) is 9.77. The molecule has 0 aliphatic carbocycles. The zero-order chi connectivity index (χ0) is 13.8. The Morgan fingerprint density at radius 1 is 1.05 bits per heavy atom. The molecule has 0 bridgehead atoms. The fourth-order valence-corrected chi connectivity index (χ4v) is 3.05. The molecule has 0 aliphatic rings. The van der Waals surface area contributed by atoms with E-state index in [4.69, 9.17) is 5.73 Å². The van der Waals surface area contributed by atoms with Gasteiger partial charge in [0.25, 0.3) is 0 Å². The minimum absolute atomic E-state index is 0.543. The van der Waals surface area contributed by atoms with Crippen LogP contribution in [0.3, 0.4) is 0 Å². The van der Waals surface area contributed by atoms with Crippen LogP contribution in [-0.2, 0) is 6.42 Å². The zero-order valence-electron chi connectivity index (χ0n) is 10.00. The molecular formula is C14H12BrF2NS. The molecule has 5 heteroatoms. The van der Waals surface area contributed by atoms with Gasteiger partial charge in [-0.2, -0.15) is 0 Å². The van der Waals surface area contributed by atoms with Crippen molar-refractivity contribution in [2.45, 2.75) is 16.2 Å². The maximum Gasteiger partial charge on any atom is 0.159 e. The lowest BCUT2D eigenvalue weighted by atomic mass is 10.1. The topological polar surface area (TPSA) is 26.0 Å². The molecule has 2 rings (SSSR count). The van der Waals surface area contributed by atoms with Gasteiger partial charge in [-0.15, -0.1) is 0 Å². The molecule has 2 N–H and O–H groups in total. The van der Waals surface area contributed by atoms with Crippen molar-refractivity contribution in [3.8, 4) is 0 Å². The van der Waals surface area contributed by atoms with E-state index in [-0.39, 0.29) is 0 Å². The lowest BCUT2D eigenvalue weighted by Crippen LogP contribution is -2.03. The third-order valence-electron chi connectivity index (χ3n) is 2.56. The third kappa shape index (κ3) is 3.78. The first-order valence-electron chi connectivity index (χ1n) is 5.71. The van der Waals surface area contributed by atoms with Gasteiger partial charge in [-0.25, -0.2) is 8.78 Å². The van der Waals surface area contributed by atoms with Gasteiger partial charge in [-0.1, -0.05) is 27.7 Å². The van der Waals surface area contributed by atoms with Crippen LogP contribution in [0.15, 0.2) is 50.7 Å². The molecule has 0 heterocycles. The van der Waals surface area contributed by atoms with Crippen molar-refractivity contribution >= 4 is 27.7 Å². The second kappa shape index (κ2) is 6.50. The molecule has 0 aliphatic heterocycles. The van der Waals surface area contributed by atoms with Crippen LogP contribution in [0.25, 0.3) is 0 Å². The normalized spacial score (nSPS) is 10.7. The van der Waals surface area contributed by atoms with Crippen LogP contribution < -0.4 is 5.73 Å². The average Bonchev–Trinajstić information content (AvgIpc) is 2.37. The van der Waals surface area contributed by atoms with E-state index in [9.17, 15) is 8.78 Å². The highest BCUT2D eigenvalue weighted by molar-refractivity contribution is 9.10. The van der Waals surface area contributed by atoms with Gasteiger partial charge in [0.05, 0.1) is 0 Å². The summed E-state index contributed by atoms with van der Waals surface area (Å²) in [6.45, 7) is 0.543. The quantitative estimate of drug-likeness (QED) is 0.891. The van der Waals surface area contributed by atoms with Gasteiger partial charge in [0.2, 0.25) is 0 Å². The van der Waals surface area contributed by atoms with E-state index in [1.165, 1.54) is 17.8 Å². The van der Waals surface area contributed by atoms with E-state index < -0.39 is 11.6 Å². The van der Waals surface area contributed by atoms with Gasteiger partial charge in [0, 0.05) is 14.3 Å². The number of benzene rings is 2. The van der Waals surface area contributed by atoms with Crippen LogP contribution in [0.1, 0.15) is 5.56 Å². The van der Waals surface area contributed by atoms with Crippen molar-refractivity contribution in [1.82, 2.24) is 0 Å². The first kappa shape index (κ1) is 14.5. The molecular weight excluding hydrogens is 332 g/mol. The van der Waals surface area contributed by atoms with Gasteiger partial charge in [-0.3, -0.25) is 0 Å². The van der Waals surface area contributed by atoms with E-state index in [2.05, 4.69) is 15.9 Å². The first-order chi connectivity index (χ1) is 9.10. The van der Waals surface area contributed by atoms with Crippen LogP contribution >= 0.6 is 27.7 Å². The Hall–Kier alpha value is -0.910. The highest BCUT2D eigenvalue weighted by Gasteiger charge is 2.08. The number of halogens is 3. The standard InChI is InChI=1S/C14H12BrF2NS/c15-10-1-4-14(9(7-10)5-6-18)19-11-2-3-12(16)13(17)8-11/h1-4,7-8H,5-6,18H2. The molecule has 0 radical (unpaired) electrons. The van der Waals surface area contributed by atoms with Crippen molar-refractivity contribution in [2.75, 3.05) is 6.54 Å². The SMILES string of the molecule is NCCc1cc(Br)ccc1Sc1ccc(F)c(F)c1. The Balaban J connectivity index is 2.29. The van der Waals surface area contributed by atoms with Crippen molar-refractivity contribution in [1.29, 1.82) is 0 Å². The van der Waals surface area contributed by atoms with Crippen molar-refractivity contribution < 1.29 is 8.78 Å². The summed E-state index contributed by atoms with van der Waals surface area (Å²) in [5.41, 5.74) is 6.67. The lowest BCUT2D eigenvalue weighted by Gasteiger charge is -2.09. The number of hydrogen-bond donors (Lipinski definition) is 1. The summed E-state index contributed by atoms with van der Waals surface area (Å²) < 4.78 is 27.0. The predicted octanol–water partition coefficient (Wildman–Crippen LogP) is 4.38. The predicted molar refractivity (Wildman–Crippen MR) is 77.4 cm³/mol. The number of nitrogens with two attached hydrogens (primary N) is 1. The summed E-state index contributed by atoms with van der Waals surface area (Å²) >= 11 is 4.82. The molecule has 0 aromatic heterocycles. The Kier molecular flexibility index (Phi) is 4.96. The summed E-state index contributed by atoms with van der Waals surface area (Å²) in [7, 11) is 0. The van der Waals surface area contributed by atoms with Crippen molar-refractivity contribution in [3.05, 3.63) is 58.1 Å². The number of rotatable bonds is 4. The first-order valence-corrected chi connectivity index (χ1v) is 7.32. The molecule has 0 spiro atoms. The highest BCUT2D eigenvalue weighted by Crippen LogP contribution is 2.33. The maximum atomic E-state index is 13.2. The third-order valence-corrected chi connectivity index (χ3v) is 4.16. The molecule has 19 heavy (non-hydrogen) atoms. The molecule has 2 aromatic carbocycles. The monoisotopic (exact) mass is 343 g/mol. The molecule has 0 unspecified atom stereocenters. The smallest absolute Gasteiger partial charge is 0.159 e. The van der Waals surface area contributed by atoms with E-state index in [0.717, 1.165) is 27.4 Å². The second-order valence-corrected chi connectivity index (χ2v) is 6.00. The molecule has 1 nitrogen and oxygen atoms in total. The van der Waals surface area contributed by atoms with Crippen LogP contribution in [-0.4, -0.2) is 6.54 Å². The lowest BCUT2D eigenvalue weighted by molar-refractivity contribution is 0.506. The summed E-state index contributed by atoms with van der Waals surface area (Å²) in [5, 5.41) is 0. The number of hydrogen-bond acceptors (Lipinski definition) is 2. The zero-order valence-corrected chi connectivity index (χ0v) is 12.4. The Labute approximate surface area is 123 Å². The van der Waals surface area contributed by atoms with Crippen molar-refractivity contribution in [3.63, 3.8) is 0 Å². The van der Waals surface area contributed by atoms with Gasteiger partial charge < -0.3 is 5.73 Å². The van der Waals surface area contributed by atoms with E-state index in [0.29, 0.717) is 11.4 Å². The van der Waals surface area contributed by atoms with Gasteiger partial charge in [0.1, 0.15) is 0 Å². The maximum absolute atomic E-state index is 13.2. The summed E-state index contributed by atoms with van der Waals surface area (Å²) in [6.07, 6.45) is 0.742. The molecule has 100 valence electrons. The highest BCUT2D eigenvalue weighted by atomic mass is 79.9. The molecule has 2 aromatic rings. The van der Waals surface area contributed by atoms with Gasteiger partial charge >= 0.3 is 0 Å². The van der Waals surface area contributed by atoms with Crippen LogP contribution in [0.4, 0.5) is 8.78 Å². The molecule has 0 saturated carbocycles. The molecule has 0 atom stereocenters. The molecule has 0 fully saturated rings. The average molecular weight is 344 g/mol. The summed E-state index contributed by atoms with van der Waals surface area (Å²) in [4.78, 5) is 1.67. The summed E-state index contributed by atoms with van der Waals surface area (Å²) in [5.74, 6) is -1.66. The van der Waals surface area contributed by atoms with Gasteiger partial charge in [0.15, 0.2) is 11.6 Å². The van der Waals surface area contributed by atoms with Crippen molar-refractivity contribution in [2.24, 2.45) is 5.73 Å².